The van der Waals surface area contributed by atoms with Crippen LogP contribution < -0.4 is 4.90 Å². The van der Waals surface area contributed by atoms with Crippen molar-refractivity contribution < 1.29 is 4.79 Å². The molecule has 2 heteroatoms. The molecule has 0 spiro atoms. The van der Waals surface area contributed by atoms with Gasteiger partial charge in [-0.15, -0.1) is 0 Å². The summed E-state index contributed by atoms with van der Waals surface area (Å²) in [6.07, 6.45) is 1.77. The van der Waals surface area contributed by atoms with Crippen LogP contribution in [0, 0.1) is 5.41 Å². The van der Waals surface area contributed by atoms with Crippen molar-refractivity contribution in [2.75, 3.05) is 11.4 Å². The summed E-state index contributed by atoms with van der Waals surface area (Å²) < 4.78 is 0. The number of para-hydroxylation sites is 1. The average molecular weight is 215 g/mol. The van der Waals surface area contributed by atoms with Gasteiger partial charge in [0, 0.05) is 18.3 Å². The molecule has 1 aliphatic rings. The highest BCUT2D eigenvalue weighted by Gasteiger charge is 2.29. The van der Waals surface area contributed by atoms with Crippen molar-refractivity contribution in [3.05, 3.63) is 42.0 Å². The smallest absolute Gasteiger partial charge is 0.251 e. The second-order valence-corrected chi connectivity index (χ2v) is 5.18. The number of hydrogen-bond donors (Lipinski definition) is 0. The van der Waals surface area contributed by atoms with Crippen molar-refractivity contribution in [3.8, 4) is 0 Å². The van der Waals surface area contributed by atoms with E-state index in [-0.39, 0.29) is 11.3 Å². The second-order valence-electron chi connectivity index (χ2n) is 5.18. The maximum absolute atomic E-state index is 11.9. The monoisotopic (exact) mass is 215 g/mol. The van der Waals surface area contributed by atoms with Crippen molar-refractivity contribution in [2.45, 2.75) is 20.8 Å². The molecule has 84 valence electrons. The van der Waals surface area contributed by atoms with Gasteiger partial charge in [-0.3, -0.25) is 4.79 Å². The summed E-state index contributed by atoms with van der Waals surface area (Å²) in [6.45, 7) is 7.13. The van der Waals surface area contributed by atoms with Crippen LogP contribution in [-0.2, 0) is 4.79 Å². The third-order valence-electron chi connectivity index (χ3n) is 2.92. The van der Waals surface area contributed by atoms with E-state index in [4.69, 9.17) is 0 Å². The van der Waals surface area contributed by atoms with E-state index in [9.17, 15) is 4.79 Å². The van der Waals surface area contributed by atoms with Crippen LogP contribution in [0.4, 0.5) is 5.69 Å². The summed E-state index contributed by atoms with van der Waals surface area (Å²) in [7, 11) is 0. The molecule has 0 fully saturated rings. The fraction of sp³-hybridized carbons (Fsp3) is 0.357. The molecule has 0 saturated heterocycles. The molecular formula is C14H17NO. The number of benzene rings is 1. The van der Waals surface area contributed by atoms with Crippen LogP contribution in [0.25, 0.3) is 0 Å². The van der Waals surface area contributed by atoms with Crippen LogP contribution in [0.2, 0.25) is 0 Å². The van der Waals surface area contributed by atoms with Crippen LogP contribution in [-0.4, -0.2) is 12.5 Å². The van der Waals surface area contributed by atoms with E-state index >= 15 is 0 Å². The quantitative estimate of drug-likeness (QED) is 0.705. The summed E-state index contributed by atoms with van der Waals surface area (Å²) in [5.41, 5.74) is 2.24. The van der Waals surface area contributed by atoms with Gasteiger partial charge in [0.2, 0.25) is 0 Å². The molecule has 16 heavy (non-hydrogen) atoms. The van der Waals surface area contributed by atoms with E-state index in [1.807, 2.05) is 35.2 Å². The molecule has 1 aromatic carbocycles. The topological polar surface area (TPSA) is 20.3 Å². The van der Waals surface area contributed by atoms with Crippen LogP contribution in [0.1, 0.15) is 20.8 Å². The van der Waals surface area contributed by atoms with E-state index in [2.05, 4.69) is 20.8 Å². The van der Waals surface area contributed by atoms with Crippen LogP contribution >= 0.6 is 0 Å². The van der Waals surface area contributed by atoms with Crippen LogP contribution in [0.5, 0.6) is 0 Å². The van der Waals surface area contributed by atoms with Crippen molar-refractivity contribution in [2.24, 2.45) is 5.41 Å². The molecule has 0 unspecified atom stereocenters. The van der Waals surface area contributed by atoms with E-state index in [0.717, 1.165) is 5.69 Å². The predicted molar refractivity (Wildman–Crippen MR) is 66.3 cm³/mol. The molecule has 0 bridgehead atoms. The van der Waals surface area contributed by atoms with Crippen molar-refractivity contribution in [1.29, 1.82) is 0 Å². The Morgan fingerprint density at radius 3 is 2.25 bits per heavy atom. The third kappa shape index (κ3) is 2.01. The highest BCUT2D eigenvalue weighted by atomic mass is 16.2. The summed E-state index contributed by atoms with van der Waals surface area (Å²) in [5, 5.41) is 0. The predicted octanol–water partition coefficient (Wildman–Crippen LogP) is 3.01. The van der Waals surface area contributed by atoms with E-state index in [0.29, 0.717) is 6.54 Å². The fourth-order valence-electron chi connectivity index (χ4n) is 1.80. The van der Waals surface area contributed by atoms with Gasteiger partial charge in [-0.25, -0.2) is 0 Å². The Morgan fingerprint density at radius 2 is 1.75 bits per heavy atom. The van der Waals surface area contributed by atoms with E-state index < -0.39 is 0 Å². The lowest BCUT2D eigenvalue weighted by Gasteiger charge is -2.23. The molecule has 1 amide bonds. The molecular weight excluding hydrogens is 198 g/mol. The second kappa shape index (κ2) is 3.78. The number of rotatable bonds is 1. The number of anilines is 1. The Morgan fingerprint density at radius 1 is 1.12 bits per heavy atom. The zero-order valence-electron chi connectivity index (χ0n) is 10.0. The molecule has 0 saturated carbocycles. The van der Waals surface area contributed by atoms with Gasteiger partial charge >= 0.3 is 0 Å². The largest absolute Gasteiger partial charge is 0.305 e. The lowest BCUT2D eigenvalue weighted by molar-refractivity contribution is -0.113. The average Bonchev–Trinajstić information content (AvgIpc) is 2.61. The SMILES string of the molecule is CC(C)(C)C1=CC(=O)N(c2ccccc2)C1. The van der Waals surface area contributed by atoms with Crippen molar-refractivity contribution in [3.63, 3.8) is 0 Å². The van der Waals surface area contributed by atoms with Gasteiger partial charge in [0.05, 0.1) is 0 Å². The fourth-order valence-corrected chi connectivity index (χ4v) is 1.80. The van der Waals surface area contributed by atoms with E-state index in [1.54, 1.807) is 6.08 Å². The third-order valence-corrected chi connectivity index (χ3v) is 2.92. The maximum atomic E-state index is 11.9. The Balaban J connectivity index is 2.23. The lowest BCUT2D eigenvalue weighted by atomic mass is 9.87. The minimum atomic E-state index is 0.0686. The molecule has 1 aliphatic heterocycles. The highest BCUT2D eigenvalue weighted by Crippen LogP contribution is 2.31. The Labute approximate surface area is 96.6 Å². The van der Waals surface area contributed by atoms with Gasteiger partial charge < -0.3 is 4.90 Å². The summed E-state index contributed by atoms with van der Waals surface area (Å²) in [6, 6.07) is 9.81. The normalized spacial score (nSPS) is 16.6. The number of amides is 1. The lowest BCUT2D eigenvalue weighted by Crippen LogP contribution is -2.26. The molecule has 2 nitrogen and oxygen atoms in total. The molecule has 0 radical (unpaired) electrons. The number of carbonyl (C=O) groups excluding carboxylic acids is 1. The molecule has 0 aliphatic carbocycles. The number of hydrogen-bond acceptors (Lipinski definition) is 1. The van der Waals surface area contributed by atoms with Crippen molar-refractivity contribution in [1.82, 2.24) is 0 Å². The molecule has 0 aromatic heterocycles. The highest BCUT2D eigenvalue weighted by molar-refractivity contribution is 6.05. The standard InChI is InChI=1S/C14H17NO/c1-14(2,3)11-9-13(16)15(10-11)12-7-5-4-6-8-12/h4-9H,10H2,1-3H3. The number of nitrogens with zero attached hydrogens (tertiary/aromatic N) is 1. The first-order valence-corrected chi connectivity index (χ1v) is 5.56. The zero-order valence-corrected chi connectivity index (χ0v) is 10.0. The molecule has 1 aromatic rings. The maximum Gasteiger partial charge on any atom is 0.251 e. The summed E-state index contributed by atoms with van der Waals surface area (Å²) >= 11 is 0. The minimum Gasteiger partial charge on any atom is -0.305 e. The summed E-state index contributed by atoms with van der Waals surface area (Å²) in [4.78, 5) is 13.7. The first-order chi connectivity index (χ1) is 7.48. The molecule has 0 N–H and O–H groups in total. The molecule has 2 rings (SSSR count). The van der Waals surface area contributed by atoms with Gasteiger partial charge in [0.1, 0.15) is 0 Å². The van der Waals surface area contributed by atoms with Crippen LogP contribution in [0.15, 0.2) is 42.0 Å². The number of carbonyl (C=O) groups is 1. The zero-order chi connectivity index (χ0) is 11.8. The van der Waals surface area contributed by atoms with Gasteiger partial charge in [-0.05, 0) is 23.1 Å². The Hall–Kier alpha value is -1.57. The first-order valence-electron chi connectivity index (χ1n) is 5.56. The van der Waals surface area contributed by atoms with E-state index in [1.165, 1.54) is 5.57 Å². The Bertz CT molecular complexity index is 426. The van der Waals surface area contributed by atoms with Gasteiger partial charge in [-0.1, -0.05) is 39.0 Å². The Kier molecular flexibility index (Phi) is 2.58. The van der Waals surface area contributed by atoms with Gasteiger partial charge in [0.25, 0.3) is 5.91 Å². The van der Waals surface area contributed by atoms with Gasteiger partial charge in [-0.2, -0.15) is 0 Å². The minimum absolute atomic E-state index is 0.0686. The van der Waals surface area contributed by atoms with Crippen LogP contribution in [0.3, 0.4) is 0 Å². The molecule has 0 atom stereocenters. The van der Waals surface area contributed by atoms with Gasteiger partial charge in [0.15, 0.2) is 0 Å². The van der Waals surface area contributed by atoms with Crippen molar-refractivity contribution >= 4 is 11.6 Å². The molecule has 1 heterocycles. The summed E-state index contributed by atoms with van der Waals surface area (Å²) in [5.74, 6) is 0.0936. The first kappa shape index (κ1) is 10.9.